The van der Waals surface area contributed by atoms with Crippen molar-refractivity contribution in [1.82, 2.24) is 4.90 Å². The van der Waals surface area contributed by atoms with Crippen LogP contribution in [0.3, 0.4) is 0 Å². The summed E-state index contributed by atoms with van der Waals surface area (Å²) in [7, 11) is 0. The highest BCUT2D eigenvalue weighted by Crippen LogP contribution is 2.39. The molecule has 0 saturated heterocycles. The van der Waals surface area contributed by atoms with Crippen molar-refractivity contribution < 1.29 is 9.59 Å². The van der Waals surface area contributed by atoms with E-state index in [0.717, 1.165) is 31.2 Å². The molecule has 2 amide bonds. The van der Waals surface area contributed by atoms with E-state index in [2.05, 4.69) is 66.1 Å². The molecule has 210 valence electrons. The number of nitrogens with two attached hydrogens (primary N) is 1. The summed E-state index contributed by atoms with van der Waals surface area (Å²) in [5.41, 5.74) is 15.1. The largest absolute Gasteiger partial charge is 0.366 e. The second-order valence-electron chi connectivity index (χ2n) is 12.2. The van der Waals surface area contributed by atoms with Gasteiger partial charge in [-0.2, -0.15) is 4.99 Å². The predicted molar refractivity (Wildman–Crippen MR) is 160 cm³/mol. The van der Waals surface area contributed by atoms with Crippen molar-refractivity contribution in [2.45, 2.75) is 72.4 Å². The average molecular weight is 540 g/mol. The highest BCUT2D eigenvalue weighted by atomic mass is 16.2. The quantitative estimate of drug-likeness (QED) is 0.189. The zero-order valence-electron chi connectivity index (χ0n) is 24.1. The van der Waals surface area contributed by atoms with E-state index in [0.29, 0.717) is 24.4 Å². The summed E-state index contributed by atoms with van der Waals surface area (Å²) in [6.45, 7) is 9.47. The standard InChI is InChI=1S/C33H41N5O2/c1-22(20-26-10-7-9-24-8-5-6-11-29(24)26)31(40)38(28-18-16-27(17-19-28)33(2,3)4)21-23-12-14-25(15-13-23)30(39)36-32(34)37-35/h5-15,22,27-28,35H,16-21H2,1-4H3,(H2,34,36,39). The minimum atomic E-state index is -0.544. The lowest BCUT2D eigenvalue weighted by Crippen LogP contribution is -2.45. The Labute approximate surface area is 237 Å². The predicted octanol–water partition coefficient (Wildman–Crippen LogP) is 7.14. The highest BCUT2D eigenvalue weighted by molar-refractivity contribution is 6.02. The molecular weight excluding hydrogens is 498 g/mol. The van der Waals surface area contributed by atoms with Crippen molar-refractivity contribution in [2.24, 2.45) is 33.1 Å². The van der Waals surface area contributed by atoms with E-state index in [1.54, 1.807) is 12.1 Å². The molecule has 7 heteroatoms. The highest BCUT2D eigenvalue weighted by Gasteiger charge is 2.35. The van der Waals surface area contributed by atoms with Crippen LogP contribution in [0.25, 0.3) is 10.8 Å². The number of aliphatic imine (C=N–C) groups is 1. The lowest BCUT2D eigenvalue weighted by molar-refractivity contribution is -0.139. The number of amides is 2. The first-order chi connectivity index (χ1) is 19.1. The van der Waals surface area contributed by atoms with Gasteiger partial charge in [-0.15, -0.1) is 5.11 Å². The van der Waals surface area contributed by atoms with Gasteiger partial charge in [0.2, 0.25) is 11.9 Å². The number of guanidine groups is 1. The van der Waals surface area contributed by atoms with Crippen LogP contribution in [0.15, 0.2) is 76.8 Å². The van der Waals surface area contributed by atoms with Crippen LogP contribution in [-0.4, -0.2) is 28.7 Å². The van der Waals surface area contributed by atoms with Gasteiger partial charge in [-0.1, -0.05) is 82.3 Å². The SMILES string of the molecule is CC(Cc1cccc2ccccc12)C(=O)N(Cc1ccc(C(=O)N=C(N)N=N)cc1)C1CCC(C(C)(C)C)CC1. The first kappa shape index (κ1) is 29.1. The number of hydrogen-bond acceptors (Lipinski definition) is 3. The number of carbonyl (C=O) groups is 2. The fourth-order valence-electron chi connectivity index (χ4n) is 5.95. The maximum atomic E-state index is 14.1. The Morgan fingerprint density at radius 3 is 2.27 bits per heavy atom. The van der Waals surface area contributed by atoms with E-state index in [4.69, 9.17) is 11.3 Å². The normalized spacial score (nSPS) is 18.8. The molecular formula is C33H41N5O2. The third kappa shape index (κ3) is 7.00. The van der Waals surface area contributed by atoms with E-state index in [1.807, 2.05) is 31.2 Å². The minimum Gasteiger partial charge on any atom is -0.366 e. The van der Waals surface area contributed by atoms with Crippen molar-refractivity contribution in [3.05, 3.63) is 83.4 Å². The molecule has 1 aliphatic rings. The molecule has 1 fully saturated rings. The molecule has 1 unspecified atom stereocenters. The monoisotopic (exact) mass is 539 g/mol. The van der Waals surface area contributed by atoms with Crippen LogP contribution in [0, 0.1) is 22.8 Å². The molecule has 3 aromatic rings. The number of fused-ring (bicyclic) bond motifs is 1. The van der Waals surface area contributed by atoms with Gasteiger partial charge in [0.1, 0.15) is 0 Å². The first-order valence-corrected chi connectivity index (χ1v) is 14.2. The van der Waals surface area contributed by atoms with Gasteiger partial charge in [-0.05, 0) is 77.5 Å². The van der Waals surface area contributed by atoms with Gasteiger partial charge < -0.3 is 10.6 Å². The molecule has 40 heavy (non-hydrogen) atoms. The Morgan fingerprint density at radius 2 is 1.62 bits per heavy atom. The Bertz CT molecular complexity index is 1380. The van der Waals surface area contributed by atoms with Gasteiger partial charge in [0.15, 0.2) is 0 Å². The molecule has 1 aliphatic carbocycles. The van der Waals surface area contributed by atoms with Crippen molar-refractivity contribution in [2.75, 3.05) is 0 Å². The minimum absolute atomic E-state index is 0.168. The van der Waals surface area contributed by atoms with Crippen molar-refractivity contribution >= 4 is 28.5 Å². The lowest BCUT2D eigenvalue weighted by atomic mass is 9.71. The summed E-state index contributed by atoms with van der Waals surface area (Å²) in [6, 6.07) is 22.0. The number of nitrogens with zero attached hydrogens (tertiary/aromatic N) is 3. The topological polar surface area (TPSA) is 112 Å². The van der Waals surface area contributed by atoms with Gasteiger partial charge in [0.25, 0.3) is 5.91 Å². The Morgan fingerprint density at radius 1 is 0.975 bits per heavy atom. The van der Waals surface area contributed by atoms with E-state index in [-0.39, 0.29) is 29.2 Å². The van der Waals surface area contributed by atoms with Crippen molar-refractivity contribution in [1.29, 1.82) is 5.53 Å². The zero-order valence-corrected chi connectivity index (χ0v) is 24.1. The third-order valence-electron chi connectivity index (χ3n) is 8.36. The van der Waals surface area contributed by atoms with E-state index in [9.17, 15) is 9.59 Å². The Hall–Kier alpha value is -3.87. The first-order valence-electron chi connectivity index (χ1n) is 14.2. The molecule has 7 nitrogen and oxygen atoms in total. The number of rotatable bonds is 7. The van der Waals surface area contributed by atoms with Crippen LogP contribution in [0.5, 0.6) is 0 Å². The zero-order chi connectivity index (χ0) is 28.9. The maximum Gasteiger partial charge on any atom is 0.280 e. The van der Waals surface area contributed by atoms with Crippen LogP contribution in [0.4, 0.5) is 0 Å². The lowest BCUT2D eigenvalue weighted by Gasteiger charge is -2.42. The molecule has 0 bridgehead atoms. The Balaban J connectivity index is 1.55. The molecule has 0 aliphatic heterocycles. The third-order valence-corrected chi connectivity index (χ3v) is 8.36. The van der Waals surface area contributed by atoms with Gasteiger partial charge in [-0.25, -0.2) is 5.53 Å². The fourth-order valence-corrected chi connectivity index (χ4v) is 5.95. The van der Waals surface area contributed by atoms with Gasteiger partial charge in [0, 0.05) is 24.1 Å². The van der Waals surface area contributed by atoms with Crippen molar-refractivity contribution in [3.63, 3.8) is 0 Å². The van der Waals surface area contributed by atoms with E-state index < -0.39 is 5.91 Å². The summed E-state index contributed by atoms with van der Waals surface area (Å²) in [5, 5.41) is 5.37. The second-order valence-corrected chi connectivity index (χ2v) is 12.2. The van der Waals surface area contributed by atoms with E-state index in [1.165, 1.54) is 16.3 Å². The van der Waals surface area contributed by atoms with Crippen molar-refractivity contribution in [3.8, 4) is 0 Å². The van der Waals surface area contributed by atoms with Gasteiger partial charge in [-0.3, -0.25) is 9.59 Å². The number of nitrogens with one attached hydrogen (secondary N) is 1. The van der Waals surface area contributed by atoms with E-state index >= 15 is 0 Å². The van der Waals surface area contributed by atoms with Gasteiger partial charge >= 0.3 is 0 Å². The molecule has 0 aromatic heterocycles. The van der Waals surface area contributed by atoms with Gasteiger partial charge in [0.05, 0.1) is 0 Å². The molecule has 0 spiro atoms. The summed E-state index contributed by atoms with van der Waals surface area (Å²) in [5.74, 6) is -0.267. The molecule has 4 rings (SSSR count). The Kier molecular flexibility index (Phi) is 9.13. The number of hydrogen-bond donors (Lipinski definition) is 2. The molecule has 3 aromatic carbocycles. The molecule has 0 heterocycles. The molecule has 0 radical (unpaired) electrons. The van der Waals surface area contributed by atoms with Crippen LogP contribution in [0.1, 0.15) is 74.9 Å². The summed E-state index contributed by atoms with van der Waals surface area (Å²) in [6.07, 6.45) is 4.90. The van der Waals surface area contributed by atoms with Crippen LogP contribution in [-0.2, 0) is 17.8 Å². The second kappa shape index (κ2) is 12.5. The summed E-state index contributed by atoms with van der Waals surface area (Å²) in [4.78, 5) is 32.1. The molecule has 3 N–H and O–H groups in total. The average Bonchev–Trinajstić information content (AvgIpc) is 2.95. The molecule has 1 saturated carbocycles. The molecule has 1 atom stereocenters. The number of benzene rings is 3. The fraction of sp³-hybridized carbons (Fsp3) is 0.424. The van der Waals surface area contributed by atoms with Crippen LogP contribution >= 0.6 is 0 Å². The van der Waals surface area contributed by atoms with Crippen LogP contribution in [0.2, 0.25) is 0 Å². The van der Waals surface area contributed by atoms with Crippen LogP contribution < -0.4 is 5.73 Å². The maximum absolute atomic E-state index is 14.1. The summed E-state index contributed by atoms with van der Waals surface area (Å²) < 4.78 is 0. The number of carbonyl (C=O) groups excluding carboxylic acids is 2. The summed E-state index contributed by atoms with van der Waals surface area (Å²) >= 11 is 0. The smallest absolute Gasteiger partial charge is 0.280 e.